The van der Waals surface area contributed by atoms with E-state index in [4.69, 9.17) is 178 Å². The number of halogens is 8. The minimum atomic E-state index is -2.01. The van der Waals surface area contributed by atoms with Crippen LogP contribution in [-0.4, -0.2) is 338 Å². The lowest BCUT2D eigenvalue weighted by atomic mass is 9.93. The molecule has 35 nitrogen and oxygen atoms in total. The van der Waals surface area contributed by atoms with Crippen molar-refractivity contribution < 1.29 is 165 Å². The Morgan fingerprint density at radius 2 is 0.530 bits per heavy atom. The van der Waals surface area contributed by atoms with E-state index in [-0.39, 0.29) is 199 Å². The number of thiocarbonyl (C=S) groups is 8. The molecule has 0 spiro atoms. The predicted octanol–water partition coefficient (Wildman–Crippen LogP) is 2.90. The standard InChI is InChI=1S/C64H106F8N8O27S8/c1-61(37-94-53(108)73-11-5-9-65,38-95-54(109)74-12-6-10-66)49(83)92-35-47(106-51(85)63(3,41-98-55(110)75-13-7-45(81)31-67)42-99-56(111)76-14-8-46(82)32-68)33-91-34-48(107-52(86)64(4,43-100-59(114)79-17-21-89-25-29-104-71)44-101-60(115)80-18-22-90-26-30-105-72)36-93-50(84)62(2,39-96-57(112)77-15-19-87-23-27-102-69)40-97-58(113)78-16-20-88-24-28-103-70/h45-48,81-82H,5-44H2,1-4H3,(H,73,108)(H,74,109)(H,75,110)(H,76,111)(H,77,112)(H,78,113)(H,79,114)(H,80,115). The van der Waals surface area contributed by atoms with E-state index in [1.54, 1.807) is 0 Å². The molecule has 0 aromatic rings. The van der Waals surface area contributed by atoms with E-state index in [0.717, 1.165) is 0 Å². The molecule has 0 amide bonds. The summed E-state index contributed by atoms with van der Waals surface area (Å²) < 4.78 is 198. The Hall–Kier alpha value is -5.60. The number of hydrogen-bond acceptors (Lipinski definition) is 35. The molecule has 0 fully saturated rings. The van der Waals surface area contributed by atoms with Crippen molar-refractivity contribution in [1.82, 2.24) is 42.5 Å². The fourth-order valence-corrected chi connectivity index (χ4v) is 8.99. The molecule has 0 aliphatic heterocycles. The van der Waals surface area contributed by atoms with Crippen LogP contribution in [0.2, 0.25) is 0 Å². The molecule has 0 saturated heterocycles. The third-order valence-corrected chi connectivity index (χ3v) is 16.5. The molecule has 4 unspecified atom stereocenters. The Kier molecular flexibility index (Phi) is 64.9. The van der Waals surface area contributed by atoms with Gasteiger partial charge in [0.2, 0.25) is 0 Å². The molecule has 115 heavy (non-hydrogen) atoms. The van der Waals surface area contributed by atoms with Crippen LogP contribution in [0.15, 0.2) is 0 Å². The predicted molar refractivity (Wildman–Crippen MR) is 423 cm³/mol. The van der Waals surface area contributed by atoms with Gasteiger partial charge in [-0.1, -0.05) is 0 Å². The zero-order valence-electron chi connectivity index (χ0n) is 64.0. The van der Waals surface area contributed by atoms with Gasteiger partial charge in [-0.05, 0) is 169 Å². The molecule has 0 saturated carbocycles. The van der Waals surface area contributed by atoms with Gasteiger partial charge < -0.3 is 133 Å². The number of rotatable bonds is 68. The zero-order valence-corrected chi connectivity index (χ0v) is 70.5. The second-order valence-corrected chi connectivity index (χ2v) is 28.0. The summed E-state index contributed by atoms with van der Waals surface area (Å²) in [5.41, 5.74) is -7.79. The summed E-state index contributed by atoms with van der Waals surface area (Å²) >= 11 is 42.6. The van der Waals surface area contributed by atoms with Crippen molar-refractivity contribution in [3.63, 3.8) is 0 Å². The number of aliphatic hydroxyl groups excluding tert-OH is 2. The van der Waals surface area contributed by atoms with Crippen molar-refractivity contribution in [3.05, 3.63) is 0 Å². The maximum Gasteiger partial charge on any atom is 0.319 e. The number of carbonyl (C=O) groups is 4. The van der Waals surface area contributed by atoms with Crippen molar-refractivity contribution in [2.24, 2.45) is 21.7 Å². The molecule has 0 aliphatic carbocycles. The average molecular weight is 1830 g/mol. The van der Waals surface area contributed by atoms with Gasteiger partial charge in [-0.25, -0.2) is 8.78 Å². The Balaban J connectivity index is 8.33. The molecular formula is C64H106F8N8O27S8. The highest BCUT2D eigenvalue weighted by Crippen LogP contribution is 2.27. The molecule has 0 heterocycles. The van der Waals surface area contributed by atoms with E-state index in [1.165, 1.54) is 27.7 Å². The van der Waals surface area contributed by atoms with Gasteiger partial charge in [-0.15, -0.1) is 0 Å². The summed E-state index contributed by atoms with van der Waals surface area (Å²) in [4.78, 5) is 73.3. The molecule has 0 aliphatic rings. The molecule has 0 bridgehead atoms. The van der Waals surface area contributed by atoms with Crippen LogP contribution in [0.25, 0.3) is 0 Å². The van der Waals surface area contributed by atoms with Gasteiger partial charge >= 0.3 is 23.9 Å². The second kappa shape index (κ2) is 68.2. The number of aliphatic hydroxyl groups is 2. The Labute approximate surface area is 704 Å². The normalized spacial score (nSPS) is 12.9. The van der Waals surface area contributed by atoms with Crippen LogP contribution >= 0.6 is 97.7 Å². The highest BCUT2D eigenvalue weighted by Gasteiger charge is 2.44. The Morgan fingerprint density at radius 1 is 0.304 bits per heavy atom. The van der Waals surface area contributed by atoms with Gasteiger partial charge in [0.05, 0.1) is 91.6 Å². The van der Waals surface area contributed by atoms with E-state index in [0.29, 0.717) is 0 Å². The summed E-state index contributed by atoms with van der Waals surface area (Å²) in [5, 5.41) is 38.9. The van der Waals surface area contributed by atoms with E-state index in [2.05, 4.69) is 62.3 Å². The average Bonchev–Trinajstić information content (AvgIpc) is 0.853. The molecule has 51 heteroatoms. The highest BCUT2D eigenvalue weighted by molar-refractivity contribution is 7.81. The quantitative estimate of drug-likeness (QED) is 0.0138. The van der Waals surface area contributed by atoms with Crippen LogP contribution in [0.5, 0.6) is 0 Å². The first-order chi connectivity index (χ1) is 55.0. The summed E-state index contributed by atoms with van der Waals surface area (Å²) in [6, 6.07) is 0. The molecule has 0 radical (unpaired) electrons. The number of hydrogen-bond donors (Lipinski definition) is 10. The maximum absolute atomic E-state index is 15.0. The van der Waals surface area contributed by atoms with Crippen LogP contribution < -0.4 is 42.5 Å². The SMILES string of the molecule is CC(COC(=S)NCCOCCOF)(COC(=S)NCCOCCOF)C(=O)OCC(COCC(COC(=O)C(C)(COC(=S)NCCCF)COC(=S)NCCCF)OC(=O)C(C)(COC(=S)NCCC(O)CF)COC(=S)NCCC(O)CF)OC(=O)C(C)(COC(=S)NCCOCCOF)COC(=S)NCCOCCOF. The van der Waals surface area contributed by atoms with E-state index >= 15 is 4.79 Å². The maximum atomic E-state index is 15.0. The third-order valence-electron chi connectivity index (χ3n) is 14.4. The minimum absolute atomic E-state index is 0.00634. The minimum Gasteiger partial charge on any atom is -0.470 e. The Bertz CT molecular complexity index is 2670. The second-order valence-electron chi connectivity index (χ2n) is 25.0. The lowest BCUT2D eigenvalue weighted by Crippen LogP contribution is -2.47. The van der Waals surface area contributed by atoms with E-state index in [9.17, 15) is 60.3 Å². The van der Waals surface area contributed by atoms with E-state index in [1.807, 2.05) is 0 Å². The monoisotopic (exact) mass is 1830 g/mol. The first kappa shape index (κ1) is 109. The summed E-state index contributed by atoms with van der Waals surface area (Å²) in [6.07, 6.45) is -6.46. The Morgan fingerprint density at radius 3 is 0.757 bits per heavy atom. The van der Waals surface area contributed by atoms with Crippen LogP contribution in [0, 0.1) is 21.7 Å². The van der Waals surface area contributed by atoms with Gasteiger partial charge in [0.15, 0.2) is 12.2 Å². The molecule has 668 valence electrons. The van der Waals surface area contributed by atoms with Crippen molar-refractivity contribution in [3.8, 4) is 0 Å². The topological polar surface area (TPSA) is 399 Å². The molecular weight excluding hydrogens is 1720 g/mol. The van der Waals surface area contributed by atoms with Crippen molar-refractivity contribution in [2.75, 3.05) is 238 Å². The number of esters is 4. The van der Waals surface area contributed by atoms with Crippen molar-refractivity contribution in [1.29, 1.82) is 0 Å². The molecule has 0 aromatic carbocycles. The number of ether oxygens (including phenoxy) is 17. The first-order valence-electron chi connectivity index (χ1n) is 35.4. The lowest BCUT2D eigenvalue weighted by molar-refractivity contribution is -0.184. The molecule has 0 rings (SSSR count). The fourth-order valence-electron chi connectivity index (χ4n) is 7.70. The van der Waals surface area contributed by atoms with E-state index < -0.39 is 176 Å². The molecule has 0 aromatic heterocycles. The number of nitrogens with one attached hydrogen (secondary N) is 8. The van der Waals surface area contributed by atoms with Gasteiger partial charge in [-0.2, -0.15) is 19.8 Å². The highest BCUT2D eigenvalue weighted by atomic mass is 32.1. The van der Waals surface area contributed by atoms with Gasteiger partial charge in [-0.3, -0.25) is 28.0 Å². The van der Waals surface area contributed by atoms with Crippen LogP contribution in [0.1, 0.15) is 53.4 Å². The third kappa shape index (κ3) is 55.7. The van der Waals surface area contributed by atoms with Gasteiger partial charge in [0.25, 0.3) is 41.4 Å². The molecule has 4 atom stereocenters. The fraction of sp³-hybridized carbons (Fsp3) is 0.812. The number of alkyl halides is 4. The zero-order chi connectivity index (χ0) is 86.0. The van der Waals surface area contributed by atoms with Crippen molar-refractivity contribution >= 4 is 163 Å². The first-order valence-corrected chi connectivity index (χ1v) is 38.7. The van der Waals surface area contributed by atoms with Gasteiger partial charge in [0.1, 0.15) is 128 Å². The molecule has 10 N–H and O–H groups in total. The largest absolute Gasteiger partial charge is 0.470 e. The smallest absolute Gasteiger partial charge is 0.319 e. The van der Waals surface area contributed by atoms with Crippen LogP contribution in [-0.2, 0) is 119 Å². The summed E-state index contributed by atoms with van der Waals surface area (Å²) in [5.74, 6) is -4.70. The van der Waals surface area contributed by atoms with Crippen molar-refractivity contribution in [2.45, 2.75) is 77.8 Å². The lowest BCUT2D eigenvalue weighted by Gasteiger charge is -2.32. The van der Waals surface area contributed by atoms with Gasteiger partial charge in [0, 0.05) is 52.4 Å². The van der Waals surface area contributed by atoms with Crippen LogP contribution in [0.4, 0.5) is 35.7 Å². The number of carbonyl (C=O) groups excluding carboxylic acids is 4. The summed E-state index contributed by atoms with van der Waals surface area (Å²) in [6.45, 7) is -9.22. The summed E-state index contributed by atoms with van der Waals surface area (Å²) in [7, 11) is 0. The van der Waals surface area contributed by atoms with Crippen LogP contribution in [0.3, 0.4) is 0 Å².